The summed E-state index contributed by atoms with van der Waals surface area (Å²) in [7, 11) is 0. The van der Waals surface area contributed by atoms with Gasteiger partial charge in [0.2, 0.25) is 0 Å². The van der Waals surface area contributed by atoms with Gasteiger partial charge in [-0.05, 0) is 48.2 Å². The number of halogens is 2. The molecule has 0 amide bonds. The van der Waals surface area contributed by atoms with Crippen molar-refractivity contribution in [1.82, 2.24) is 0 Å². The summed E-state index contributed by atoms with van der Waals surface area (Å²) in [5, 5.41) is 4.68. The van der Waals surface area contributed by atoms with Crippen LogP contribution in [0, 0.1) is 0 Å². The summed E-state index contributed by atoms with van der Waals surface area (Å²) in [4.78, 5) is 0. The maximum atomic E-state index is 6.07. The highest BCUT2D eigenvalue weighted by Crippen LogP contribution is 2.28. The molecule has 0 spiro atoms. The van der Waals surface area contributed by atoms with Gasteiger partial charge in [-0.15, -0.1) is 0 Å². The van der Waals surface area contributed by atoms with Gasteiger partial charge in [0.1, 0.15) is 0 Å². The molecular weight excluding hydrogens is 289 g/mol. The molecule has 0 radical (unpaired) electrons. The lowest BCUT2D eigenvalue weighted by Crippen LogP contribution is -2.07. The molecule has 1 N–H and O–H groups in total. The number of hydrogen-bond acceptors (Lipinski definition) is 1. The van der Waals surface area contributed by atoms with Gasteiger partial charge < -0.3 is 5.32 Å². The van der Waals surface area contributed by atoms with Crippen LogP contribution in [0.1, 0.15) is 43.9 Å². The smallest absolute Gasteiger partial charge is 0.0595 e. The van der Waals surface area contributed by atoms with Gasteiger partial charge >= 0.3 is 0 Å². The molecule has 0 aliphatic rings. The van der Waals surface area contributed by atoms with Crippen LogP contribution in [0.5, 0.6) is 0 Å². The predicted molar refractivity (Wildman–Crippen MR) is 89.0 cm³/mol. The standard InChI is InChI=1S/C17H19Cl2N/c1-11(2)13-5-4-6-15(9-13)20-12(3)14-7-8-16(18)17(19)10-14/h4-12,20H,1-3H3. The molecule has 0 fully saturated rings. The molecule has 0 aromatic heterocycles. The fourth-order valence-electron chi connectivity index (χ4n) is 2.10. The van der Waals surface area contributed by atoms with E-state index in [1.54, 1.807) is 0 Å². The number of benzene rings is 2. The van der Waals surface area contributed by atoms with Crippen LogP contribution in [0.4, 0.5) is 5.69 Å². The van der Waals surface area contributed by atoms with E-state index in [4.69, 9.17) is 23.2 Å². The first-order valence-electron chi connectivity index (χ1n) is 6.79. The lowest BCUT2D eigenvalue weighted by molar-refractivity contribution is 0.858. The molecule has 3 heteroatoms. The van der Waals surface area contributed by atoms with Crippen molar-refractivity contribution in [2.24, 2.45) is 0 Å². The molecule has 0 aliphatic carbocycles. The van der Waals surface area contributed by atoms with E-state index >= 15 is 0 Å². The van der Waals surface area contributed by atoms with Gasteiger partial charge in [-0.25, -0.2) is 0 Å². The second-order valence-electron chi connectivity index (χ2n) is 5.32. The Kier molecular flexibility index (Phi) is 4.95. The Labute approximate surface area is 130 Å². The summed E-state index contributed by atoms with van der Waals surface area (Å²) < 4.78 is 0. The van der Waals surface area contributed by atoms with Gasteiger partial charge in [0.25, 0.3) is 0 Å². The Hall–Kier alpha value is -1.18. The molecule has 2 aromatic carbocycles. The minimum Gasteiger partial charge on any atom is -0.379 e. The summed E-state index contributed by atoms with van der Waals surface area (Å²) in [5.41, 5.74) is 3.57. The van der Waals surface area contributed by atoms with Gasteiger partial charge in [0, 0.05) is 11.7 Å². The molecule has 2 aromatic rings. The van der Waals surface area contributed by atoms with Crippen LogP contribution in [-0.2, 0) is 0 Å². The van der Waals surface area contributed by atoms with Gasteiger partial charge in [-0.3, -0.25) is 0 Å². The highest BCUT2D eigenvalue weighted by atomic mass is 35.5. The van der Waals surface area contributed by atoms with Crippen LogP contribution in [0.2, 0.25) is 10.0 Å². The molecule has 106 valence electrons. The molecule has 0 saturated heterocycles. The van der Waals surface area contributed by atoms with E-state index in [0.29, 0.717) is 16.0 Å². The van der Waals surface area contributed by atoms with Crippen LogP contribution < -0.4 is 5.32 Å². The maximum Gasteiger partial charge on any atom is 0.0595 e. The molecule has 2 rings (SSSR count). The zero-order valence-corrected chi connectivity index (χ0v) is 13.5. The average Bonchev–Trinajstić information content (AvgIpc) is 2.42. The van der Waals surface area contributed by atoms with E-state index in [9.17, 15) is 0 Å². The third-order valence-electron chi connectivity index (χ3n) is 3.38. The first kappa shape index (κ1) is 15.2. The van der Waals surface area contributed by atoms with Crippen molar-refractivity contribution in [3.8, 4) is 0 Å². The van der Waals surface area contributed by atoms with E-state index in [1.807, 2.05) is 18.2 Å². The highest BCUT2D eigenvalue weighted by Gasteiger charge is 2.08. The number of anilines is 1. The van der Waals surface area contributed by atoms with E-state index in [1.165, 1.54) is 5.56 Å². The van der Waals surface area contributed by atoms with Gasteiger partial charge in [0.05, 0.1) is 10.0 Å². The van der Waals surface area contributed by atoms with E-state index < -0.39 is 0 Å². The Balaban J connectivity index is 2.16. The Morgan fingerprint density at radius 3 is 2.25 bits per heavy atom. The molecule has 0 heterocycles. The molecule has 1 unspecified atom stereocenters. The van der Waals surface area contributed by atoms with Crippen molar-refractivity contribution in [1.29, 1.82) is 0 Å². The molecule has 0 bridgehead atoms. The van der Waals surface area contributed by atoms with Crippen molar-refractivity contribution in [3.05, 3.63) is 63.6 Å². The van der Waals surface area contributed by atoms with Gasteiger partial charge in [-0.1, -0.05) is 55.2 Å². The van der Waals surface area contributed by atoms with Crippen LogP contribution in [0.3, 0.4) is 0 Å². The largest absolute Gasteiger partial charge is 0.379 e. The van der Waals surface area contributed by atoms with Gasteiger partial charge in [0.15, 0.2) is 0 Å². The van der Waals surface area contributed by atoms with Crippen molar-refractivity contribution in [2.75, 3.05) is 5.32 Å². The van der Waals surface area contributed by atoms with Crippen LogP contribution in [0.15, 0.2) is 42.5 Å². The van der Waals surface area contributed by atoms with Crippen LogP contribution in [0.25, 0.3) is 0 Å². The zero-order valence-electron chi connectivity index (χ0n) is 12.0. The summed E-state index contributed by atoms with van der Waals surface area (Å²) >= 11 is 12.0. The molecule has 1 atom stereocenters. The molecular formula is C17H19Cl2N. The number of rotatable bonds is 4. The number of hydrogen-bond donors (Lipinski definition) is 1. The van der Waals surface area contributed by atoms with Crippen molar-refractivity contribution in [2.45, 2.75) is 32.7 Å². The topological polar surface area (TPSA) is 12.0 Å². The Morgan fingerprint density at radius 2 is 1.60 bits per heavy atom. The number of nitrogens with one attached hydrogen (secondary N) is 1. The second-order valence-corrected chi connectivity index (χ2v) is 6.13. The fraction of sp³-hybridized carbons (Fsp3) is 0.294. The quantitative estimate of drug-likeness (QED) is 0.700. The summed E-state index contributed by atoms with van der Waals surface area (Å²) in [6.45, 7) is 6.50. The Bertz CT molecular complexity index is 593. The van der Waals surface area contributed by atoms with E-state index in [0.717, 1.165) is 11.3 Å². The Morgan fingerprint density at radius 1 is 0.850 bits per heavy atom. The summed E-state index contributed by atoms with van der Waals surface area (Å²) in [6.07, 6.45) is 0. The van der Waals surface area contributed by atoms with Crippen molar-refractivity contribution < 1.29 is 0 Å². The van der Waals surface area contributed by atoms with Crippen molar-refractivity contribution in [3.63, 3.8) is 0 Å². The van der Waals surface area contributed by atoms with Crippen LogP contribution >= 0.6 is 23.2 Å². The monoisotopic (exact) mass is 307 g/mol. The second kappa shape index (κ2) is 6.51. The summed E-state index contributed by atoms with van der Waals surface area (Å²) in [5.74, 6) is 0.525. The maximum absolute atomic E-state index is 6.07. The minimum absolute atomic E-state index is 0.173. The minimum atomic E-state index is 0.173. The van der Waals surface area contributed by atoms with Crippen LogP contribution in [-0.4, -0.2) is 0 Å². The SMILES string of the molecule is CC(C)c1cccc(NC(C)c2ccc(Cl)c(Cl)c2)c1. The third-order valence-corrected chi connectivity index (χ3v) is 4.12. The average molecular weight is 308 g/mol. The summed E-state index contributed by atoms with van der Waals surface area (Å²) in [6, 6.07) is 14.4. The normalized spacial score (nSPS) is 12.5. The molecule has 0 saturated carbocycles. The lowest BCUT2D eigenvalue weighted by Gasteiger charge is -2.17. The molecule has 1 nitrogen and oxygen atoms in total. The van der Waals surface area contributed by atoms with Gasteiger partial charge in [-0.2, -0.15) is 0 Å². The molecule has 20 heavy (non-hydrogen) atoms. The van der Waals surface area contributed by atoms with Crippen molar-refractivity contribution >= 4 is 28.9 Å². The lowest BCUT2D eigenvalue weighted by atomic mass is 10.0. The predicted octanol–water partition coefficient (Wildman–Crippen LogP) is 6.29. The van der Waals surface area contributed by atoms with E-state index in [-0.39, 0.29) is 6.04 Å². The molecule has 0 aliphatic heterocycles. The third kappa shape index (κ3) is 3.68. The fourth-order valence-corrected chi connectivity index (χ4v) is 2.41. The first-order valence-corrected chi connectivity index (χ1v) is 7.54. The van der Waals surface area contributed by atoms with E-state index in [2.05, 4.69) is 50.4 Å². The first-order chi connectivity index (χ1) is 9.47. The highest BCUT2D eigenvalue weighted by molar-refractivity contribution is 6.42. The zero-order chi connectivity index (χ0) is 14.7.